The van der Waals surface area contributed by atoms with E-state index in [0.29, 0.717) is 11.9 Å². The summed E-state index contributed by atoms with van der Waals surface area (Å²) in [4.78, 5) is 13.3. The number of anilines is 1. The summed E-state index contributed by atoms with van der Waals surface area (Å²) >= 11 is 3.32. The number of para-hydroxylation sites is 1. The fraction of sp³-hybridized carbons (Fsp3) is 0.364. The summed E-state index contributed by atoms with van der Waals surface area (Å²) in [5.41, 5.74) is 2.02. The maximum atomic E-state index is 11.6. The quantitative estimate of drug-likeness (QED) is 0.773. The molecule has 1 aliphatic rings. The van der Waals surface area contributed by atoms with Crippen LogP contribution in [0, 0.1) is 6.92 Å². The number of hydrogen-bond donors (Lipinski definition) is 0. The maximum absolute atomic E-state index is 11.6. The Labute approximate surface area is 97.2 Å². The molecule has 1 unspecified atom stereocenters. The highest BCUT2D eigenvalue weighted by atomic mass is 79.9. The van der Waals surface area contributed by atoms with Gasteiger partial charge in [-0.2, -0.15) is 0 Å². The van der Waals surface area contributed by atoms with Crippen molar-refractivity contribution in [1.82, 2.24) is 0 Å². The highest BCUT2D eigenvalue weighted by Gasteiger charge is 2.31. The lowest BCUT2D eigenvalue weighted by Gasteiger charge is -2.15. The molecule has 0 saturated carbocycles. The molecule has 1 aromatic rings. The van der Waals surface area contributed by atoms with Gasteiger partial charge < -0.3 is 4.74 Å². The first-order chi connectivity index (χ1) is 7.22. The number of hydrogen-bond acceptors (Lipinski definition) is 2. The molecule has 1 fully saturated rings. The highest BCUT2D eigenvalue weighted by molar-refractivity contribution is 9.09. The number of amides is 1. The molecule has 1 amide bonds. The first kappa shape index (κ1) is 10.5. The average Bonchev–Trinajstić information content (AvgIpc) is 2.60. The molecule has 0 spiro atoms. The van der Waals surface area contributed by atoms with Gasteiger partial charge in [0.1, 0.15) is 6.10 Å². The summed E-state index contributed by atoms with van der Waals surface area (Å²) in [6.07, 6.45) is -0.300. The van der Waals surface area contributed by atoms with Gasteiger partial charge >= 0.3 is 6.09 Å². The average molecular weight is 270 g/mol. The second-order valence-electron chi connectivity index (χ2n) is 3.56. The maximum Gasteiger partial charge on any atom is 0.414 e. The minimum Gasteiger partial charge on any atom is -0.443 e. The van der Waals surface area contributed by atoms with Gasteiger partial charge in [-0.1, -0.05) is 34.1 Å². The number of aryl methyl sites for hydroxylation is 1. The summed E-state index contributed by atoms with van der Waals surface area (Å²) in [5.74, 6) is 0. The van der Waals surface area contributed by atoms with Gasteiger partial charge in [-0.3, -0.25) is 4.90 Å². The predicted octanol–water partition coefficient (Wildman–Crippen LogP) is 2.72. The van der Waals surface area contributed by atoms with E-state index in [1.54, 1.807) is 4.90 Å². The first-order valence-corrected chi connectivity index (χ1v) is 5.94. The molecule has 0 radical (unpaired) electrons. The van der Waals surface area contributed by atoms with Gasteiger partial charge in [0.25, 0.3) is 0 Å². The van der Waals surface area contributed by atoms with Crippen molar-refractivity contribution in [3.8, 4) is 0 Å². The van der Waals surface area contributed by atoms with Crippen molar-refractivity contribution < 1.29 is 9.53 Å². The molecule has 0 N–H and O–H groups in total. The van der Waals surface area contributed by atoms with Crippen molar-refractivity contribution in [2.24, 2.45) is 0 Å². The second-order valence-corrected chi connectivity index (χ2v) is 4.20. The smallest absolute Gasteiger partial charge is 0.414 e. The van der Waals surface area contributed by atoms with Crippen LogP contribution in [-0.4, -0.2) is 24.1 Å². The zero-order chi connectivity index (χ0) is 10.8. The lowest BCUT2D eigenvalue weighted by molar-refractivity contribution is 0.152. The fourth-order valence-electron chi connectivity index (χ4n) is 1.66. The van der Waals surface area contributed by atoms with E-state index in [2.05, 4.69) is 15.9 Å². The minimum absolute atomic E-state index is 0.0443. The normalized spacial score (nSPS) is 20.5. The lowest BCUT2D eigenvalue weighted by atomic mass is 10.2. The minimum atomic E-state index is -0.256. The summed E-state index contributed by atoms with van der Waals surface area (Å²) in [6.45, 7) is 2.61. The Balaban J connectivity index is 2.25. The van der Waals surface area contributed by atoms with Crippen LogP contribution in [0.3, 0.4) is 0 Å². The fourth-order valence-corrected chi connectivity index (χ4v) is 2.00. The molecular weight excluding hydrogens is 258 g/mol. The van der Waals surface area contributed by atoms with Crippen LogP contribution in [-0.2, 0) is 4.74 Å². The van der Waals surface area contributed by atoms with E-state index in [4.69, 9.17) is 4.74 Å². The van der Waals surface area contributed by atoms with Crippen LogP contribution in [0.25, 0.3) is 0 Å². The molecule has 80 valence electrons. The van der Waals surface area contributed by atoms with E-state index in [1.165, 1.54) is 0 Å². The molecule has 1 atom stereocenters. The molecule has 1 heterocycles. The van der Waals surface area contributed by atoms with Gasteiger partial charge in [0, 0.05) is 5.33 Å². The van der Waals surface area contributed by atoms with Crippen molar-refractivity contribution in [2.45, 2.75) is 13.0 Å². The van der Waals surface area contributed by atoms with Crippen LogP contribution in [0.5, 0.6) is 0 Å². The monoisotopic (exact) mass is 269 g/mol. The van der Waals surface area contributed by atoms with Gasteiger partial charge in [0.05, 0.1) is 12.2 Å². The van der Waals surface area contributed by atoms with Crippen LogP contribution < -0.4 is 4.90 Å². The zero-order valence-electron chi connectivity index (χ0n) is 8.44. The van der Waals surface area contributed by atoms with E-state index >= 15 is 0 Å². The summed E-state index contributed by atoms with van der Waals surface area (Å²) < 4.78 is 5.17. The molecule has 0 bridgehead atoms. The van der Waals surface area contributed by atoms with Crippen LogP contribution in [0.4, 0.5) is 10.5 Å². The number of rotatable bonds is 2. The molecule has 15 heavy (non-hydrogen) atoms. The van der Waals surface area contributed by atoms with Crippen LogP contribution in [0.1, 0.15) is 5.56 Å². The summed E-state index contributed by atoms with van der Waals surface area (Å²) in [6, 6.07) is 7.82. The number of carbonyl (C=O) groups is 1. The third kappa shape index (κ3) is 2.00. The Morgan fingerprint density at radius 2 is 2.27 bits per heavy atom. The lowest BCUT2D eigenvalue weighted by Crippen LogP contribution is -2.25. The number of benzene rings is 1. The van der Waals surface area contributed by atoms with Gasteiger partial charge in [0.15, 0.2) is 0 Å². The Hall–Kier alpha value is -1.03. The topological polar surface area (TPSA) is 29.5 Å². The molecule has 1 aromatic carbocycles. The Bertz CT molecular complexity index is 381. The summed E-state index contributed by atoms with van der Waals surface area (Å²) in [5, 5.41) is 0.682. The van der Waals surface area contributed by atoms with Crippen LogP contribution in [0.15, 0.2) is 24.3 Å². The Morgan fingerprint density at radius 1 is 1.53 bits per heavy atom. The van der Waals surface area contributed by atoms with E-state index in [-0.39, 0.29) is 12.2 Å². The second kappa shape index (κ2) is 4.23. The van der Waals surface area contributed by atoms with Crippen molar-refractivity contribution in [2.75, 3.05) is 16.8 Å². The molecule has 1 saturated heterocycles. The van der Waals surface area contributed by atoms with Gasteiger partial charge in [0.2, 0.25) is 0 Å². The van der Waals surface area contributed by atoms with Crippen molar-refractivity contribution in [3.63, 3.8) is 0 Å². The number of carbonyl (C=O) groups excluding carboxylic acids is 1. The molecule has 0 aromatic heterocycles. The molecule has 1 aliphatic heterocycles. The number of nitrogens with zero attached hydrogens (tertiary/aromatic N) is 1. The SMILES string of the molecule is Cc1ccccc1N1CC(CBr)OC1=O. The standard InChI is InChI=1S/C11H12BrNO2/c1-8-4-2-3-5-10(8)13-7-9(6-12)15-11(13)14/h2-5,9H,6-7H2,1H3. The van der Waals surface area contributed by atoms with E-state index in [1.807, 2.05) is 31.2 Å². The highest BCUT2D eigenvalue weighted by Crippen LogP contribution is 2.25. The number of alkyl halides is 1. The predicted molar refractivity (Wildman–Crippen MR) is 62.6 cm³/mol. The Morgan fingerprint density at radius 3 is 2.87 bits per heavy atom. The number of cyclic esters (lactones) is 1. The molecule has 4 heteroatoms. The van der Waals surface area contributed by atoms with Crippen molar-refractivity contribution >= 4 is 27.7 Å². The molecular formula is C11H12BrNO2. The van der Waals surface area contributed by atoms with Crippen molar-refractivity contribution in [1.29, 1.82) is 0 Å². The van der Waals surface area contributed by atoms with Gasteiger partial charge in [-0.25, -0.2) is 4.79 Å². The molecule has 3 nitrogen and oxygen atoms in total. The van der Waals surface area contributed by atoms with Gasteiger partial charge in [-0.15, -0.1) is 0 Å². The van der Waals surface area contributed by atoms with E-state index < -0.39 is 0 Å². The molecule has 0 aliphatic carbocycles. The van der Waals surface area contributed by atoms with E-state index in [0.717, 1.165) is 11.3 Å². The first-order valence-electron chi connectivity index (χ1n) is 4.82. The summed E-state index contributed by atoms with van der Waals surface area (Å²) in [7, 11) is 0. The largest absolute Gasteiger partial charge is 0.443 e. The third-order valence-electron chi connectivity index (χ3n) is 2.45. The number of ether oxygens (including phenoxy) is 1. The van der Waals surface area contributed by atoms with Crippen LogP contribution >= 0.6 is 15.9 Å². The zero-order valence-corrected chi connectivity index (χ0v) is 10.0. The van der Waals surface area contributed by atoms with Crippen molar-refractivity contribution in [3.05, 3.63) is 29.8 Å². The Kier molecular flexibility index (Phi) is 2.95. The van der Waals surface area contributed by atoms with E-state index in [9.17, 15) is 4.79 Å². The molecule has 2 rings (SSSR count). The van der Waals surface area contributed by atoms with Crippen LogP contribution in [0.2, 0.25) is 0 Å². The number of halogens is 1. The third-order valence-corrected chi connectivity index (χ3v) is 3.17. The van der Waals surface area contributed by atoms with Gasteiger partial charge in [-0.05, 0) is 18.6 Å².